The predicted octanol–water partition coefficient (Wildman–Crippen LogP) is 6.12. The maximum absolute atomic E-state index is 14.4. The van der Waals surface area contributed by atoms with E-state index in [2.05, 4.69) is 86.9 Å². The zero-order valence-corrected chi connectivity index (χ0v) is 23.9. The van der Waals surface area contributed by atoms with Crippen molar-refractivity contribution in [3.8, 4) is 11.4 Å². The Morgan fingerprint density at radius 3 is 2.77 bits per heavy atom. The van der Waals surface area contributed by atoms with Gasteiger partial charge >= 0.3 is 5.69 Å². The number of aryl methyl sites for hydroxylation is 1. The fourth-order valence-corrected chi connectivity index (χ4v) is 6.79. The number of aliphatic imine (C=N–C) groups is 1. The number of rotatable bonds is 9. The van der Waals surface area contributed by atoms with Crippen LogP contribution in [0.3, 0.4) is 0 Å². The molecule has 1 aliphatic carbocycles. The van der Waals surface area contributed by atoms with Gasteiger partial charge in [-0.2, -0.15) is 5.21 Å². The number of hydrogen-bond acceptors (Lipinski definition) is 5. The first-order valence-corrected chi connectivity index (χ1v) is 14.8. The van der Waals surface area contributed by atoms with E-state index in [-0.39, 0.29) is 11.7 Å². The summed E-state index contributed by atoms with van der Waals surface area (Å²) in [6, 6.07) is 8.54. The predicted molar refractivity (Wildman–Crippen MR) is 156 cm³/mol. The topological polar surface area (TPSA) is 93.8 Å². The van der Waals surface area contributed by atoms with Gasteiger partial charge in [0, 0.05) is 47.9 Å². The fraction of sp³-hybridized carbons (Fsp3) is 0.581. The highest BCUT2D eigenvalue weighted by Crippen LogP contribution is 2.41. The summed E-state index contributed by atoms with van der Waals surface area (Å²) < 4.78 is 4.21. The SMILES string of the molecule is CCCCc1cn(C2C(C)CCCCC2C(C)C)c(=O)n1CC1(c2cccc(-c3nn[nH]n3)c2)C=CN=CC1. The molecular formula is C31H43N7O. The molecule has 5 rings (SSSR count). The first kappa shape index (κ1) is 27.3. The zero-order chi connectivity index (χ0) is 27.4. The number of hydrogen-bond donors (Lipinski definition) is 1. The third-order valence-electron chi connectivity index (χ3n) is 9.04. The molecule has 3 aromatic rings. The first-order chi connectivity index (χ1) is 18.9. The van der Waals surface area contributed by atoms with Crippen LogP contribution in [0.2, 0.25) is 0 Å². The molecule has 0 spiro atoms. The second-order valence-corrected chi connectivity index (χ2v) is 12.0. The molecular weight excluding hydrogens is 486 g/mol. The van der Waals surface area contributed by atoms with Gasteiger partial charge in [0.05, 0.1) is 0 Å². The molecule has 0 amide bonds. The summed E-state index contributed by atoms with van der Waals surface area (Å²) in [6.07, 6.45) is 16.9. The van der Waals surface area contributed by atoms with Crippen LogP contribution in [0.1, 0.15) is 89.9 Å². The summed E-state index contributed by atoms with van der Waals surface area (Å²) in [4.78, 5) is 18.8. The highest BCUT2D eigenvalue weighted by molar-refractivity contribution is 5.65. The third-order valence-corrected chi connectivity index (χ3v) is 9.04. The smallest absolute Gasteiger partial charge is 0.295 e. The van der Waals surface area contributed by atoms with Crippen molar-refractivity contribution >= 4 is 6.21 Å². The van der Waals surface area contributed by atoms with E-state index in [9.17, 15) is 4.79 Å². The quantitative estimate of drug-likeness (QED) is 0.338. The molecule has 1 aromatic carbocycles. The third kappa shape index (κ3) is 5.56. The largest absolute Gasteiger partial charge is 0.328 e. The van der Waals surface area contributed by atoms with E-state index in [4.69, 9.17) is 0 Å². The van der Waals surface area contributed by atoms with Crippen LogP contribution in [0.5, 0.6) is 0 Å². The number of H-pyrrole nitrogens is 1. The lowest BCUT2D eigenvalue weighted by Gasteiger charge is -2.33. The number of aromatic amines is 1. The van der Waals surface area contributed by atoms with Crippen LogP contribution >= 0.6 is 0 Å². The molecule has 2 aliphatic rings. The maximum Gasteiger partial charge on any atom is 0.328 e. The van der Waals surface area contributed by atoms with Crippen molar-refractivity contribution in [3.05, 3.63) is 64.5 Å². The van der Waals surface area contributed by atoms with E-state index in [0.29, 0.717) is 30.1 Å². The summed E-state index contributed by atoms with van der Waals surface area (Å²) >= 11 is 0. The van der Waals surface area contributed by atoms with E-state index < -0.39 is 5.41 Å². The van der Waals surface area contributed by atoms with Gasteiger partial charge in [-0.3, -0.25) is 14.1 Å². The van der Waals surface area contributed by atoms with Crippen LogP contribution in [-0.4, -0.2) is 36.0 Å². The van der Waals surface area contributed by atoms with Gasteiger partial charge in [-0.15, -0.1) is 10.2 Å². The van der Waals surface area contributed by atoms with E-state index >= 15 is 0 Å². The Morgan fingerprint density at radius 2 is 2.05 bits per heavy atom. The first-order valence-electron chi connectivity index (χ1n) is 14.8. The lowest BCUT2D eigenvalue weighted by atomic mass is 9.76. The molecule has 1 N–H and O–H groups in total. The van der Waals surface area contributed by atoms with E-state index in [1.807, 2.05) is 24.5 Å². The number of allylic oxidation sites excluding steroid dienone is 1. The highest BCUT2D eigenvalue weighted by Gasteiger charge is 2.37. The molecule has 4 atom stereocenters. The number of aromatic nitrogens is 6. The molecule has 8 nitrogen and oxygen atoms in total. The number of unbranched alkanes of at least 4 members (excludes halogenated alkanes) is 1. The van der Waals surface area contributed by atoms with Crippen LogP contribution in [0.4, 0.5) is 0 Å². The van der Waals surface area contributed by atoms with E-state index in [0.717, 1.165) is 42.5 Å². The van der Waals surface area contributed by atoms with Gasteiger partial charge in [-0.25, -0.2) is 4.79 Å². The summed E-state index contributed by atoms with van der Waals surface area (Å²) in [7, 11) is 0. The average molecular weight is 530 g/mol. The average Bonchev–Trinajstić information content (AvgIpc) is 3.54. The maximum atomic E-state index is 14.4. The highest BCUT2D eigenvalue weighted by atomic mass is 16.1. The minimum absolute atomic E-state index is 0.134. The van der Waals surface area contributed by atoms with E-state index in [1.165, 1.54) is 25.7 Å². The molecule has 0 saturated heterocycles. The van der Waals surface area contributed by atoms with Gasteiger partial charge in [-0.1, -0.05) is 71.2 Å². The normalized spacial score (nSPS) is 25.3. The van der Waals surface area contributed by atoms with Crippen LogP contribution < -0.4 is 5.69 Å². The number of benzene rings is 1. The van der Waals surface area contributed by atoms with Crippen LogP contribution in [0, 0.1) is 17.8 Å². The van der Waals surface area contributed by atoms with Gasteiger partial charge in [0.2, 0.25) is 5.82 Å². The van der Waals surface area contributed by atoms with Gasteiger partial charge in [-0.05, 0) is 66.7 Å². The van der Waals surface area contributed by atoms with Crippen LogP contribution in [0.15, 0.2) is 52.5 Å². The standard InChI is InChI=1S/C31H43N7O/c1-5-6-13-26-20-37(28-23(4)10-7-8-14-27(28)22(2)3)30(39)38(26)21-31(15-17-32-18-16-31)25-12-9-11-24(19-25)29-33-35-36-34-29/h9,11-12,15,17-20,22-23,27-28H,5-8,10,13-14,16,21H2,1-4H3,(H,33,34,35,36). The Morgan fingerprint density at radius 1 is 1.21 bits per heavy atom. The Hall–Kier alpha value is -3.29. The van der Waals surface area contributed by atoms with Gasteiger partial charge in [0.15, 0.2) is 0 Å². The summed E-state index contributed by atoms with van der Waals surface area (Å²) in [5.74, 6) is 2.10. The molecule has 0 bridgehead atoms. The molecule has 3 heterocycles. The number of tetrazole rings is 1. The molecule has 208 valence electrons. The summed E-state index contributed by atoms with van der Waals surface area (Å²) in [6.45, 7) is 9.80. The van der Waals surface area contributed by atoms with Crippen molar-refractivity contribution in [1.29, 1.82) is 0 Å². The monoisotopic (exact) mass is 529 g/mol. The summed E-state index contributed by atoms with van der Waals surface area (Å²) in [5, 5.41) is 14.7. The Bertz CT molecular complexity index is 1350. The number of nitrogens with one attached hydrogen (secondary N) is 1. The van der Waals surface area contributed by atoms with Crippen molar-refractivity contribution < 1.29 is 0 Å². The van der Waals surface area contributed by atoms with Gasteiger partial charge in [0.25, 0.3) is 0 Å². The molecule has 8 heteroatoms. The molecule has 39 heavy (non-hydrogen) atoms. The van der Waals surface area contributed by atoms with Crippen molar-refractivity contribution in [3.63, 3.8) is 0 Å². The lowest BCUT2D eigenvalue weighted by molar-refractivity contribution is 0.187. The minimum atomic E-state index is -0.398. The fourth-order valence-electron chi connectivity index (χ4n) is 6.79. The van der Waals surface area contributed by atoms with E-state index in [1.54, 1.807) is 0 Å². The molecule has 4 unspecified atom stereocenters. The van der Waals surface area contributed by atoms with Crippen molar-refractivity contribution in [2.45, 2.75) is 97.1 Å². The Kier molecular flexibility index (Phi) is 8.29. The zero-order valence-electron chi connectivity index (χ0n) is 23.9. The van der Waals surface area contributed by atoms with Crippen LogP contribution in [0.25, 0.3) is 11.4 Å². The van der Waals surface area contributed by atoms with Gasteiger partial charge < -0.3 is 0 Å². The van der Waals surface area contributed by atoms with Crippen LogP contribution in [-0.2, 0) is 18.4 Å². The molecule has 1 aliphatic heterocycles. The number of imidazole rings is 1. The van der Waals surface area contributed by atoms with Crippen molar-refractivity contribution in [2.75, 3.05) is 0 Å². The minimum Gasteiger partial charge on any atom is -0.295 e. The van der Waals surface area contributed by atoms with Crippen molar-refractivity contribution in [2.24, 2.45) is 22.7 Å². The molecule has 0 radical (unpaired) electrons. The number of nitrogens with zero attached hydrogens (tertiary/aromatic N) is 6. The van der Waals surface area contributed by atoms with Crippen molar-refractivity contribution in [1.82, 2.24) is 29.8 Å². The lowest BCUT2D eigenvalue weighted by Crippen LogP contribution is -2.39. The Balaban J connectivity index is 1.59. The van der Waals surface area contributed by atoms with Gasteiger partial charge in [0.1, 0.15) is 0 Å². The molecule has 2 aromatic heterocycles. The summed E-state index contributed by atoms with van der Waals surface area (Å²) in [5.41, 5.74) is 2.90. The second kappa shape index (κ2) is 11.8. The Labute approximate surface area is 231 Å². The second-order valence-electron chi connectivity index (χ2n) is 12.0. The molecule has 1 fully saturated rings. The molecule has 1 saturated carbocycles.